The molecule has 0 amide bonds. The molecule has 2 rings (SSSR count). The summed E-state index contributed by atoms with van der Waals surface area (Å²) in [5.74, 6) is 0. The molecule has 1 aliphatic rings. The highest BCUT2D eigenvalue weighted by molar-refractivity contribution is 7.89. The number of hydrogen-bond acceptors (Lipinski definition) is 4. The molecule has 1 aromatic carbocycles. The third-order valence-corrected chi connectivity index (χ3v) is 12.5. The number of rotatable bonds is 6. The molecule has 1 fully saturated rings. The minimum atomic E-state index is -3.81. The summed E-state index contributed by atoms with van der Waals surface area (Å²) in [7, 11) is -5.84. The Morgan fingerprint density at radius 3 is 2.33 bits per heavy atom. The summed E-state index contributed by atoms with van der Waals surface area (Å²) in [5, 5.41) is 0.503. The molecule has 0 N–H and O–H groups in total. The zero-order chi connectivity index (χ0) is 20.5. The number of aldehydes is 1. The first kappa shape index (κ1) is 22.6. The van der Waals surface area contributed by atoms with Gasteiger partial charge in [0.1, 0.15) is 6.29 Å². The molecule has 0 bridgehead atoms. The minimum absolute atomic E-state index is 0.0333. The van der Waals surface area contributed by atoms with Crippen molar-refractivity contribution in [3.05, 3.63) is 29.3 Å². The van der Waals surface area contributed by atoms with Crippen LogP contribution < -0.4 is 0 Å². The molecular formula is C19H30ClNO4SSi. The Labute approximate surface area is 169 Å². The molecule has 0 aliphatic carbocycles. The molecule has 27 heavy (non-hydrogen) atoms. The van der Waals surface area contributed by atoms with E-state index in [0.717, 1.165) is 12.7 Å². The highest BCUT2D eigenvalue weighted by Gasteiger charge is 2.43. The molecule has 0 aromatic heterocycles. The average Bonchev–Trinajstić information content (AvgIpc) is 2.59. The molecule has 0 saturated carbocycles. The lowest BCUT2D eigenvalue weighted by Gasteiger charge is -2.42. The molecule has 0 spiro atoms. The van der Waals surface area contributed by atoms with Gasteiger partial charge in [0.25, 0.3) is 0 Å². The van der Waals surface area contributed by atoms with Gasteiger partial charge in [-0.1, -0.05) is 32.4 Å². The number of benzene rings is 1. The van der Waals surface area contributed by atoms with Crippen molar-refractivity contribution < 1.29 is 17.6 Å². The number of halogens is 1. The Hall–Kier alpha value is -0.733. The van der Waals surface area contributed by atoms with Gasteiger partial charge >= 0.3 is 0 Å². The van der Waals surface area contributed by atoms with Crippen LogP contribution in [0.1, 0.15) is 40.0 Å². The van der Waals surface area contributed by atoms with Crippen LogP contribution in [0.15, 0.2) is 29.2 Å². The van der Waals surface area contributed by atoms with Gasteiger partial charge in [0.05, 0.1) is 17.5 Å². The molecular weight excluding hydrogens is 402 g/mol. The molecule has 5 nitrogen and oxygen atoms in total. The van der Waals surface area contributed by atoms with Gasteiger partial charge in [-0.2, -0.15) is 4.31 Å². The molecule has 8 heteroatoms. The van der Waals surface area contributed by atoms with Crippen LogP contribution in [0.2, 0.25) is 23.2 Å². The van der Waals surface area contributed by atoms with Crippen LogP contribution >= 0.6 is 11.6 Å². The zero-order valence-corrected chi connectivity index (χ0v) is 19.3. The van der Waals surface area contributed by atoms with Crippen molar-refractivity contribution in [2.45, 2.75) is 75.1 Å². The first-order valence-electron chi connectivity index (χ1n) is 9.28. The van der Waals surface area contributed by atoms with E-state index in [1.165, 1.54) is 16.4 Å². The van der Waals surface area contributed by atoms with E-state index in [-0.39, 0.29) is 16.0 Å². The van der Waals surface area contributed by atoms with E-state index < -0.39 is 24.4 Å². The topological polar surface area (TPSA) is 63.7 Å². The van der Waals surface area contributed by atoms with Crippen molar-refractivity contribution in [2.24, 2.45) is 0 Å². The molecule has 1 heterocycles. The van der Waals surface area contributed by atoms with Crippen molar-refractivity contribution in [2.75, 3.05) is 6.61 Å². The lowest BCUT2D eigenvalue weighted by atomic mass is 10.00. The number of hydrogen-bond donors (Lipinski definition) is 0. The van der Waals surface area contributed by atoms with Gasteiger partial charge in [-0.25, -0.2) is 8.42 Å². The lowest BCUT2D eigenvalue weighted by molar-refractivity contribution is -0.112. The van der Waals surface area contributed by atoms with E-state index >= 15 is 0 Å². The average molecular weight is 432 g/mol. The summed E-state index contributed by atoms with van der Waals surface area (Å²) < 4.78 is 34.2. The van der Waals surface area contributed by atoms with Crippen molar-refractivity contribution in [3.8, 4) is 0 Å². The Bertz CT molecular complexity index is 759. The van der Waals surface area contributed by atoms with Crippen LogP contribution in [0, 0.1) is 0 Å². The van der Waals surface area contributed by atoms with Crippen LogP contribution in [0.4, 0.5) is 0 Å². The second-order valence-corrected chi connectivity index (χ2v) is 15.7. The monoisotopic (exact) mass is 431 g/mol. The van der Waals surface area contributed by atoms with E-state index in [9.17, 15) is 13.2 Å². The Balaban J connectivity index is 2.32. The van der Waals surface area contributed by atoms with Crippen LogP contribution in [-0.4, -0.2) is 46.0 Å². The summed E-state index contributed by atoms with van der Waals surface area (Å²) in [4.78, 5) is 11.8. The second kappa shape index (κ2) is 8.33. The van der Waals surface area contributed by atoms with Crippen LogP contribution in [0.25, 0.3) is 0 Å². The molecule has 2 unspecified atom stereocenters. The fraction of sp³-hybridized carbons (Fsp3) is 0.632. The summed E-state index contributed by atoms with van der Waals surface area (Å²) in [6.07, 6.45) is 2.77. The summed E-state index contributed by atoms with van der Waals surface area (Å²) >= 11 is 5.89. The minimum Gasteiger partial charge on any atom is -0.415 e. The van der Waals surface area contributed by atoms with Crippen LogP contribution in [0.3, 0.4) is 0 Å². The van der Waals surface area contributed by atoms with E-state index in [0.29, 0.717) is 24.5 Å². The largest absolute Gasteiger partial charge is 0.415 e. The Morgan fingerprint density at radius 2 is 1.81 bits per heavy atom. The quantitative estimate of drug-likeness (QED) is 0.492. The van der Waals surface area contributed by atoms with E-state index in [2.05, 4.69) is 33.9 Å². The van der Waals surface area contributed by atoms with E-state index in [4.69, 9.17) is 16.0 Å². The number of piperidine rings is 1. The standard InChI is InChI=1S/C19H30ClNO4SSi/c1-19(2,3)27(4,5)25-14-17-8-6-7-16(13-22)21(17)26(23,24)18-11-9-15(20)10-12-18/h9-13,16-17H,6-8,14H2,1-5H3. The first-order chi connectivity index (χ1) is 12.4. The zero-order valence-electron chi connectivity index (χ0n) is 16.7. The predicted molar refractivity (Wildman–Crippen MR) is 111 cm³/mol. The van der Waals surface area contributed by atoms with Gasteiger partial charge in [-0.05, 0) is 61.7 Å². The molecule has 1 saturated heterocycles. The van der Waals surface area contributed by atoms with Crippen LogP contribution in [0.5, 0.6) is 0 Å². The maximum Gasteiger partial charge on any atom is 0.244 e. The second-order valence-electron chi connectivity index (χ2n) is 8.65. The third kappa shape index (κ3) is 5.01. The molecule has 152 valence electrons. The van der Waals surface area contributed by atoms with Gasteiger partial charge in [0, 0.05) is 11.1 Å². The van der Waals surface area contributed by atoms with Gasteiger partial charge in [-0.15, -0.1) is 0 Å². The van der Waals surface area contributed by atoms with Crippen molar-refractivity contribution >= 4 is 36.2 Å². The summed E-state index contributed by atoms with van der Waals surface area (Å²) in [6.45, 7) is 11.0. The SMILES string of the molecule is CC(C)(C)[Si](C)(C)OCC1CCCC(C=O)N1S(=O)(=O)c1ccc(Cl)cc1. The Morgan fingerprint density at radius 1 is 1.22 bits per heavy atom. The van der Waals surface area contributed by atoms with Crippen LogP contribution in [-0.2, 0) is 19.2 Å². The predicted octanol–water partition coefficient (Wildman–Crippen LogP) is 4.47. The van der Waals surface area contributed by atoms with Gasteiger partial charge in [0.15, 0.2) is 8.32 Å². The molecule has 1 aromatic rings. The summed E-state index contributed by atoms with van der Waals surface area (Å²) in [6, 6.07) is 5.07. The highest BCUT2D eigenvalue weighted by atomic mass is 35.5. The van der Waals surface area contributed by atoms with E-state index in [1.54, 1.807) is 12.1 Å². The maximum absolute atomic E-state index is 13.3. The lowest BCUT2D eigenvalue weighted by Crippen LogP contribution is -2.54. The van der Waals surface area contributed by atoms with Gasteiger partial charge in [-0.3, -0.25) is 0 Å². The van der Waals surface area contributed by atoms with Gasteiger partial charge < -0.3 is 9.22 Å². The fourth-order valence-corrected chi connectivity index (χ4v) is 5.96. The fourth-order valence-electron chi connectivity index (χ4n) is 3.00. The third-order valence-electron chi connectivity index (χ3n) is 5.71. The molecule has 2 atom stereocenters. The first-order valence-corrected chi connectivity index (χ1v) is 14.0. The molecule has 0 radical (unpaired) electrons. The highest BCUT2D eigenvalue weighted by Crippen LogP contribution is 2.38. The Kier molecular flexibility index (Phi) is 6.96. The van der Waals surface area contributed by atoms with Crippen molar-refractivity contribution in [1.29, 1.82) is 0 Å². The summed E-state index contributed by atoms with van der Waals surface area (Å²) in [5.41, 5.74) is 0. The number of carbonyl (C=O) groups excluding carboxylic acids is 1. The van der Waals surface area contributed by atoms with Gasteiger partial charge in [0.2, 0.25) is 10.0 Å². The smallest absolute Gasteiger partial charge is 0.244 e. The number of nitrogens with zero attached hydrogens (tertiary/aromatic N) is 1. The van der Waals surface area contributed by atoms with E-state index in [1.807, 2.05) is 0 Å². The van der Waals surface area contributed by atoms with Crippen molar-refractivity contribution in [3.63, 3.8) is 0 Å². The number of sulfonamides is 1. The van der Waals surface area contributed by atoms with Crippen molar-refractivity contribution in [1.82, 2.24) is 4.31 Å². The maximum atomic E-state index is 13.3. The number of carbonyl (C=O) groups is 1. The normalized spacial score (nSPS) is 22.6. The molecule has 1 aliphatic heterocycles.